The number of alkyl halides is 1. The van der Waals surface area contributed by atoms with Gasteiger partial charge in [0.05, 0.1) is 0 Å². The maximum Gasteiger partial charge on any atom is 0.421 e. The van der Waals surface area contributed by atoms with Gasteiger partial charge < -0.3 is 10.0 Å². The second kappa shape index (κ2) is 6.83. The number of urea groups is 1. The van der Waals surface area contributed by atoms with Crippen molar-refractivity contribution in [3.05, 3.63) is 29.8 Å². The van der Waals surface area contributed by atoms with Crippen LogP contribution in [0.5, 0.6) is 0 Å². The van der Waals surface area contributed by atoms with Gasteiger partial charge in [-0.05, 0) is 24.1 Å². The number of benzene rings is 1. The number of piperidine rings is 1. The molecule has 2 heterocycles. The molecule has 0 aromatic heterocycles. The third kappa shape index (κ3) is 3.11. The highest BCUT2D eigenvalue weighted by Gasteiger charge is 2.45. The molecule has 8 nitrogen and oxygen atoms in total. The summed E-state index contributed by atoms with van der Waals surface area (Å²) in [6.07, 6.45) is -1.54. The normalized spacial score (nSPS) is 21.2. The van der Waals surface area contributed by atoms with Crippen molar-refractivity contribution < 1.29 is 24.3 Å². The van der Waals surface area contributed by atoms with Gasteiger partial charge >= 0.3 is 12.1 Å². The number of anilines is 1. The van der Waals surface area contributed by atoms with Crippen LogP contribution in [0.25, 0.3) is 0 Å². The van der Waals surface area contributed by atoms with E-state index < -0.39 is 23.9 Å². The Morgan fingerprint density at radius 2 is 1.84 bits per heavy atom. The second-order valence-corrected chi connectivity index (χ2v) is 6.39. The lowest BCUT2D eigenvalue weighted by Crippen LogP contribution is -2.56. The van der Waals surface area contributed by atoms with Gasteiger partial charge in [-0.2, -0.15) is 4.90 Å². The summed E-state index contributed by atoms with van der Waals surface area (Å²) in [6.45, 7) is 0.703. The fourth-order valence-corrected chi connectivity index (χ4v) is 3.48. The number of rotatable bonds is 3. The lowest BCUT2D eigenvalue weighted by molar-refractivity contribution is -0.148. The Labute approximate surface area is 152 Å². The van der Waals surface area contributed by atoms with Crippen molar-refractivity contribution in [2.24, 2.45) is 0 Å². The zero-order chi connectivity index (χ0) is 18.1. The lowest BCUT2D eigenvalue weighted by atomic mass is 10.0. The van der Waals surface area contributed by atoms with E-state index in [4.69, 9.17) is 5.11 Å². The molecule has 2 saturated heterocycles. The summed E-state index contributed by atoms with van der Waals surface area (Å²) in [5.41, 5.74) is 1.79. The maximum absolute atomic E-state index is 12.7. The summed E-state index contributed by atoms with van der Waals surface area (Å²) in [4.78, 5) is 50.9. The smallest absolute Gasteiger partial charge is 0.421 e. The van der Waals surface area contributed by atoms with Crippen LogP contribution >= 0.6 is 15.9 Å². The van der Waals surface area contributed by atoms with Gasteiger partial charge in [0, 0.05) is 30.5 Å². The number of amides is 5. The molecule has 25 heavy (non-hydrogen) atoms. The van der Waals surface area contributed by atoms with Crippen LogP contribution < -0.4 is 4.90 Å². The summed E-state index contributed by atoms with van der Waals surface area (Å²) in [5, 5.41) is 9.76. The van der Waals surface area contributed by atoms with E-state index in [0.717, 1.165) is 5.56 Å². The number of halogens is 1. The highest BCUT2D eigenvalue weighted by atomic mass is 79.9. The van der Waals surface area contributed by atoms with Crippen molar-refractivity contribution in [1.82, 2.24) is 9.80 Å². The maximum atomic E-state index is 12.7. The average molecular weight is 410 g/mol. The summed E-state index contributed by atoms with van der Waals surface area (Å²) in [7, 11) is 0. The quantitative estimate of drug-likeness (QED) is 0.608. The fourth-order valence-electron chi connectivity index (χ4n) is 3.11. The molecule has 0 radical (unpaired) electrons. The second-order valence-electron chi connectivity index (χ2n) is 5.83. The van der Waals surface area contributed by atoms with E-state index >= 15 is 0 Å². The third-order valence-corrected chi connectivity index (χ3v) is 5.04. The van der Waals surface area contributed by atoms with Crippen molar-refractivity contribution in [2.75, 3.05) is 18.0 Å². The molecule has 9 heteroatoms. The molecule has 0 saturated carbocycles. The predicted octanol–water partition coefficient (Wildman–Crippen LogP) is 2.02. The summed E-state index contributed by atoms with van der Waals surface area (Å²) in [5.74, 6) is -1.60. The zero-order valence-electron chi connectivity index (χ0n) is 13.2. The number of hydrogen-bond acceptors (Lipinski definition) is 4. The molecule has 132 valence electrons. The first-order valence-electron chi connectivity index (χ1n) is 7.77. The Kier molecular flexibility index (Phi) is 4.76. The van der Waals surface area contributed by atoms with Crippen LogP contribution in [-0.2, 0) is 14.9 Å². The van der Waals surface area contributed by atoms with E-state index in [0.29, 0.717) is 24.1 Å². The highest BCUT2D eigenvalue weighted by Crippen LogP contribution is 2.26. The molecule has 0 aliphatic carbocycles. The Morgan fingerprint density at radius 3 is 2.44 bits per heavy atom. The van der Waals surface area contributed by atoms with Crippen LogP contribution in [0.2, 0.25) is 0 Å². The van der Waals surface area contributed by atoms with Crippen LogP contribution in [-0.4, -0.2) is 58.0 Å². The molecule has 1 unspecified atom stereocenters. The van der Waals surface area contributed by atoms with Crippen molar-refractivity contribution in [1.29, 1.82) is 0 Å². The highest BCUT2D eigenvalue weighted by molar-refractivity contribution is 9.08. The van der Waals surface area contributed by atoms with Gasteiger partial charge in [0.25, 0.3) is 5.91 Å². The average Bonchev–Trinajstić information content (AvgIpc) is 2.96. The van der Waals surface area contributed by atoms with Crippen LogP contribution in [0.15, 0.2) is 24.3 Å². The molecule has 2 aliphatic rings. The number of carbonyl (C=O) groups is 4. The Balaban J connectivity index is 1.78. The van der Waals surface area contributed by atoms with Gasteiger partial charge in [-0.1, -0.05) is 28.1 Å². The molecule has 0 bridgehead atoms. The Morgan fingerprint density at radius 1 is 1.16 bits per heavy atom. The molecule has 2 fully saturated rings. The van der Waals surface area contributed by atoms with Crippen molar-refractivity contribution in [3.63, 3.8) is 0 Å². The van der Waals surface area contributed by atoms with Crippen molar-refractivity contribution >= 4 is 45.6 Å². The molecule has 0 spiro atoms. The monoisotopic (exact) mass is 409 g/mol. The molecule has 1 N–H and O–H groups in total. The van der Waals surface area contributed by atoms with Crippen LogP contribution in [0.3, 0.4) is 0 Å². The lowest BCUT2D eigenvalue weighted by Gasteiger charge is -2.32. The number of carboxylic acid groups (broad SMARTS) is 1. The first-order chi connectivity index (χ1) is 11.9. The van der Waals surface area contributed by atoms with E-state index in [2.05, 4.69) is 15.9 Å². The Bertz CT molecular complexity index is 736. The standard InChI is InChI=1S/C16H16BrN3O5/c17-9-10-1-3-11(4-2-10)18-7-8-19(15(18)23)12-5-6-13(21)20(14(12)22)16(24)25/h1-4,12H,5-9H2,(H,24,25). The van der Waals surface area contributed by atoms with E-state index in [1.807, 2.05) is 24.3 Å². The Hall–Kier alpha value is -2.42. The zero-order valence-corrected chi connectivity index (χ0v) is 14.8. The van der Waals surface area contributed by atoms with E-state index in [1.54, 1.807) is 4.90 Å². The number of carbonyl (C=O) groups excluding carboxylic acids is 3. The number of nitrogens with zero attached hydrogens (tertiary/aromatic N) is 3. The summed E-state index contributed by atoms with van der Waals surface area (Å²) in [6, 6.07) is 6.17. The number of likely N-dealkylation sites (tertiary alicyclic amines) is 1. The first kappa shape index (κ1) is 17.4. The van der Waals surface area contributed by atoms with E-state index in [1.165, 1.54) is 4.90 Å². The van der Waals surface area contributed by atoms with Gasteiger partial charge in [0.15, 0.2) is 0 Å². The topological polar surface area (TPSA) is 98.2 Å². The van der Waals surface area contributed by atoms with E-state index in [9.17, 15) is 19.2 Å². The van der Waals surface area contributed by atoms with Crippen molar-refractivity contribution in [2.45, 2.75) is 24.2 Å². The van der Waals surface area contributed by atoms with E-state index in [-0.39, 0.29) is 23.8 Å². The molecular weight excluding hydrogens is 394 g/mol. The van der Waals surface area contributed by atoms with Gasteiger partial charge in [0.2, 0.25) is 5.91 Å². The van der Waals surface area contributed by atoms with Crippen molar-refractivity contribution in [3.8, 4) is 0 Å². The molecule has 2 aliphatic heterocycles. The first-order valence-corrected chi connectivity index (χ1v) is 8.89. The van der Waals surface area contributed by atoms with Gasteiger partial charge in [-0.25, -0.2) is 9.59 Å². The summed E-state index contributed by atoms with van der Waals surface area (Å²) >= 11 is 3.36. The molecule has 1 aromatic rings. The minimum Gasteiger partial charge on any atom is -0.464 e. The SMILES string of the molecule is O=C(O)N1C(=O)CCC(N2CCN(c3ccc(CBr)cc3)C2=O)C1=O. The van der Waals surface area contributed by atoms with Gasteiger partial charge in [0.1, 0.15) is 6.04 Å². The fraction of sp³-hybridized carbons (Fsp3) is 0.375. The third-order valence-electron chi connectivity index (χ3n) is 4.40. The minimum atomic E-state index is -1.60. The van der Waals surface area contributed by atoms with Gasteiger partial charge in [-0.15, -0.1) is 0 Å². The van der Waals surface area contributed by atoms with Crippen LogP contribution in [0.4, 0.5) is 15.3 Å². The molecular formula is C16H16BrN3O5. The van der Waals surface area contributed by atoms with Crippen LogP contribution in [0, 0.1) is 0 Å². The molecule has 1 aromatic carbocycles. The molecule has 3 rings (SSSR count). The number of hydrogen-bond donors (Lipinski definition) is 1. The van der Waals surface area contributed by atoms with Crippen LogP contribution in [0.1, 0.15) is 18.4 Å². The molecule has 1 atom stereocenters. The molecule has 5 amide bonds. The van der Waals surface area contributed by atoms with Gasteiger partial charge in [-0.3, -0.25) is 14.5 Å². The summed E-state index contributed by atoms with van der Waals surface area (Å²) < 4.78 is 0. The largest absolute Gasteiger partial charge is 0.464 e. The number of imide groups is 3. The minimum absolute atomic E-state index is 0.0770. The predicted molar refractivity (Wildman–Crippen MR) is 91.4 cm³/mol.